The first-order valence-corrected chi connectivity index (χ1v) is 8.09. The first kappa shape index (κ1) is 20.0. The molecule has 142 valence electrons. The quantitative estimate of drug-likeness (QED) is 0.494. The van der Waals surface area contributed by atoms with Gasteiger partial charge in [0.05, 0.1) is 14.2 Å². The molecule has 0 aromatic heterocycles. The van der Waals surface area contributed by atoms with Crippen LogP contribution in [0.2, 0.25) is 0 Å². The predicted octanol–water partition coefficient (Wildman–Crippen LogP) is 2.71. The maximum absolute atomic E-state index is 12.2. The van der Waals surface area contributed by atoms with Gasteiger partial charge < -0.3 is 18.9 Å². The van der Waals surface area contributed by atoms with Gasteiger partial charge in [0.1, 0.15) is 5.75 Å². The summed E-state index contributed by atoms with van der Waals surface area (Å²) < 4.78 is 20.5. The van der Waals surface area contributed by atoms with Crippen molar-refractivity contribution >= 4 is 17.5 Å². The van der Waals surface area contributed by atoms with E-state index < -0.39 is 12.6 Å². The number of Topliss-reactive ketones (excluding diaryl/α,β-unsaturated/α-hetero) is 2. The van der Waals surface area contributed by atoms with E-state index in [-0.39, 0.29) is 18.2 Å². The van der Waals surface area contributed by atoms with E-state index in [1.807, 2.05) is 0 Å². The smallest absolute Gasteiger partial charge is 0.344 e. The fourth-order valence-electron chi connectivity index (χ4n) is 2.23. The minimum absolute atomic E-state index is 0.108. The summed E-state index contributed by atoms with van der Waals surface area (Å²) in [5, 5.41) is 0. The molecule has 0 atom stereocenters. The van der Waals surface area contributed by atoms with E-state index in [9.17, 15) is 14.4 Å². The molecule has 2 aromatic carbocycles. The standard InChI is InChI=1S/C20H20O7/c1-13(21)14-5-4-6-16(9-14)26-12-20(23)27-11-17(22)15-7-8-18(24-2)19(10-15)25-3/h4-10H,11-12H2,1-3H3. The number of carbonyl (C=O) groups is 3. The van der Waals surface area contributed by atoms with Gasteiger partial charge in [0.2, 0.25) is 0 Å². The van der Waals surface area contributed by atoms with Crippen LogP contribution in [0.3, 0.4) is 0 Å². The van der Waals surface area contributed by atoms with Crippen molar-refractivity contribution in [3.63, 3.8) is 0 Å². The van der Waals surface area contributed by atoms with Gasteiger partial charge in [-0.1, -0.05) is 12.1 Å². The molecule has 0 aliphatic rings. The van der Waals surface area contributed by atoms with Crippen LogP contribution >= 0.6 is 0 Å². The molecule has 0 unspecified atom stereocenters. The molecular formula is C20H20O7. The molecule has 0 radical (unpaired) electrons. The zero-order valence-electron chi connectivity index (χ0n) is 15.3. The summed E-state index contributed by atoms with van der Waals surface area (Å²) in [7, 11) is 2.96. The predicted molar refractivity (Wildman–Crippen MR) is 96.8 cm³/mol. The lowest BCUT2D eigenvalue weighted by Crippen LogP contribution is -2.19. The summed E-state index contributed by atoms with van der Waals surface area (Å²) in [5.41, 5.74) is 0.806. The minimum Gasteiger partial charge on any atom is -0.493 e. The molecule has 2 rings (SSSR count). The SMILES string of the molecule is COc1ccc(C(=O)COC(=O)COc2cccc(C(C)=O)c2)cc1OC. The summed E-state index contributed by atoms with van der Waals surface area (Å²) >= 11 is 0. The number of hydrogen-bond donors (Lipinski definition) is 0. The first-order valence-electron chi connectivity index (χ1n) is 8.09. The summed E-state index contributed by atoms with van der Waals surface area (Å²) in [6, 6.07) is 11.1. The molecule has 7 nitrogen and oxygen atoms in total. The van der Waals surface area contributed by atoms with Crippen molar-refractivity contribution in [2.75, 3.05) is 27.4 Å². The largest absolute Gasteiger partial charge is 0.493 e. The van der Waals surface area contributed by atoms with Gasteiger partial charge in [0, 0.05) is 11.1 Å². The maximum Gasteiger partial charge on any atom is 0.344 e. The van der Waals surface area contributed by atoms with Crippen molar-refractivity contribution in [3.05, 3.63) is 53.6 Å². The van der Waals surface area contributed by atoms with Gasteiger partial charge in [0.15, 0.2) is 36.3 Å². The molecule has 2 aromatic rings. The number of benzene rings is 2. The van der Waals surface area contributed by atoms with Crippen LogP contribution in [-0.2, 0) is 9.53 Å². The van der Waals surface area contributed by atoms with Gasteiger partial charge in [-0.15, -0.1) is 0 Å². The van der Waals surface area contributed by atoms with E-state index in [0.29, 0.717) is 28.4 Å². The van der Waals surface area contributed by atoms with Crippen LogP contribution in [0.1, 0.15) is 27.6 Å². The van der Waals surface area contributed by atoms with Gasteiger partial charge in [-0.05, 0) is 37.3 Å². The highest BCUT2D eigenvalue weighted by molar-refractivity contribution is 5.98. The van der Waals surface area contributed by atoms with Crippen LogP contribution in [0, 0.1) is 0 Å². The topological polar surface area (TPSA) is 88.1 Å². The molecule has 0 amide bonds. The van der Waals surface area contributed by atoms with E-state index in [2.05, 4.69) is 0 Å². The van der Waals surface area contributed by atoms with E-state index in [1.54, 1.807) is 30.3 Å². The van der Waals surface area contributed by atoms with Crippen molar-refractivity contribution in [1.82, 2.24) is 0 Å². The highest BCUT2D eigenvalue weighted by Gasteiger charge is 2.14. The Morgan fingerprint density at radius 1 is 0.852 bits per heavy atom. The van der Waals surface area contributed by atoms with Crippen molar-refractivity contribution in [1.29, 1.82) is 0 Å². The monoisotopic (exact) mass is 372 g/mol. The zero-order valence-corrected chi connectivity index (χ0v) is 15.3. The highest BCUT2D eigenvalue weighted by Crippen LogP contribution is 2.27. The number of rotatable bonds is 9. The van der Waals surface area contributed by atoms with E-state index >= 15 is 0 Å². The second-order valence-corrected chi connectivity index (χ2v) is 5.53. The minimum atomic E-state index is -0.697. The lowest BCUT2D eigenvalue weighted by atomic mass is 10.1. The summed E-state index contributed by atoms with van der Waals surface area (Å²) in [6.45, 7) is 0.638. The molecule has 0 N–H and O–H groups in total. The average Bonchev–Trinajstić information content (AvgIpc) is 2.69. The number of carbonyl (C=O) groups excluding carboxylic acids is 3. The Morgan fingerprint density at radius 3 is 2.26 bits per heavy atom. The Labute approximate surface area is 156 Å². The van der Waals surface area contributed by atoms with Gasteiger partial charge in [-0.25, -0.2) is 4.79 Å². The molecule has 0 saturated heterocycles. The van der Waals surface area contributed by atoms with Crippen LogP contribution in [0.4, 0.5) is 0 Å². The van der Waals surface area contributed by atoms with E-state index in [4.69, 9.17) is 18.9 Å². The van der Waals surface area contributed by atoms with Crippen molar-refractivity contribution in [2.45, 2.75) is 6.92 Å². The number of ketones is 2. The Morgan fingerprint density at radius 2 is 1.59 bits per heavy atom. The molecule has 27 heavy (non-hydrogen) atoms. The number of hydrogen-bond acceptors (Lipinski definition) is 7. The highest BCUT2D eigenvalue weighted by atomic mass is 16.6. The van der Waals surface area contributed by atoms with Crippen LogP contribution in [0.5, 0.6) is 17.2 Å². The Hall–Kier alpha value is -3.35. The molecule has 0 aliphatic heterocycles. The fourth-order valence-corrected chi connectivity index (χ4v) is 2.23. The molecular weight excluding hydrogens is 352 g/mol. The number of ether oxygens (including phenoxy) is 4. The summed E-state index contributed by atoms with van der Waals surface area (Å²) in [5.74, 6) is 0.0740. The van der Waals surface area contributed by atoms with Crippen molar-refractivity contribution in [3.8, 4) is 17.2 Å². The molecule has 0 aliphatic carbocycles. The van der Waals surface area contributed by atoms with Crippen LogP contribution < -0.4 is 14.2 Å². The zero-order chi connectivity index (χ0) is 19.8. The van der Waals surface area contributed by atoms with Gasteiger partial charge in [-0.3, -0.25) is 9.59 Å². The Kier molecular flexibility index (Phi) is 6.93. The number of methoxy groups -OCH3 is 2. The molecule has 7 heteroatoms. The summed E-state index contributed by atoms with van der Waals surface area (Å²) in [4.78, 5) is 35.3. The van der Waals surface area contributed by atoms with Crippen LogP contribution in [0.15, 0.2) is 42.5 Å². The van der Waals surface area contributed by atoms with Gasteiger partial charge in [-0.2, -0.15) is 0 Å². The van der Waals surface area contributed by atoms with Crippen LogP contribution in [0.25, 0.3) is 0 Å². The van der Waals surface area contributed by atoms with Gasteiger partial charge in [0.25, 0.3) is 0 Å². The van der Waals surface area contributed by atoms with Gasteiger partial charge >= 0.3 is 5.97 Å². The Bertz CT molecular complexity index is 842. The average molecular weight is 372 g/mol. The normalized spacial score (nSPS) is 10.0. The third-order valence-corrected chi connectivity index (χ3v) is 3.67. The lowest BCUT2D eigenvalue weighted by Gasteiger charge is -2.10. The number of esters is 1. The second-order valence-electron chi connectivity index (χ2n) is 5.53. The molecule has 0 heterocycles. The first-order chi connectivity index (χ1) is 12.9. The molecule has 0 saturated carbocycles. The molecule has 0 bridgehead atoms. The molecule has 0 spiro atoms. The third-order valence-electron chi connectivity index (χ3n) is 3.67. The Balaban J connectivity index is 1.87. The summed E-state index contributed by atoms with van der Waals surface area (Å²) in [6.07, 6.45) is 0. The second kappa shape index (κ2) is 9.38. The van der Waals surface area contributed by atoms with Crippen molar-refractivity contribution in [2.24, 2.45) is 0 Å². The van der Waals surface area contributed by atoms with Crippen LogP contribution in [-0.4, -0.2) is 45.0 Å². The maximum atomic E-state index is 12.2. The van der Waals surface area contributed by atoms with E-state index in [1.165, 1.54) is 33.3 Å². The molecule has 0 fully saturated rings. The third kappa shape index (κ3) is 5.57. The van der Waals surface area contributed by atoms with Crippen molar-refractivity contribution < 1.29 is 33.3 Å². The lowest BCUT2D eigenvalue weighted by molar-refractivity contribution is -0.144. The fraction of sp³-hybridized carbons (Fsp3) is 0.250. The van der Waals surface area contributed by atoms with E-state index in [0.717, 1.165) is 0 Å².